The SMILES string of the molecule is Clc1cccc(-c2nnc3n2CN(CC2CCCO2)CS3)c1. The predicted octanol–water partition coefficient (Wildman–Crippen LogP) is 3.10. The molecule has 1 aromatic heterocycles. The summed E-state index contributed by atoms with van der Waals surface area (Å²) >= 11 is 7.82. The molecule has 0 radical (unpaired) electrons. The molecule has 1 atom stereocenters. The Hall–Kier alpha value is -1.08. The average molecular weight is 337 g/mol. The van der Waals surface area contributed by atoms with Crippen molar-refractivity contribution in [2.45, 2.75) is 30.8 Å². The van der Waals surface area contributed by atoms with E-state index in [1.165, 1.54) is 6.42 Å². The predicted molar refractivity (Wildman–Crippen MR) is 86.9 cm³/mol. The van der Waals surface area contributed by atoms with Gasteiger partial charge in [-0.3, -0.25) is 9.47 Å². The van der Waals surface area contributed by atoms with Gasteiger partial charge in [0.2, 0.25) is 0 Å². The standard InChI is InChI=1S/C15H17ClN4OS/c16-12-4-1-3-11(7-12)14-17-18-15-20(14)9-19(10-22-15)8-13-5-2-6-21-13/h1,3-4,7,13H,2,5-6,8-10H2. The van der Waals surface area contributed by atoms with Crippen LogP contribution in [0.2, 0.25) is 5.02 Å². The molecule has 0 aliphatic carbocycles. The lowest BCUT2D eigenvalue weighted by molar-refractivity contribution is 0.0677. The van der Waals surface area contributed by atoms with Crippen LogP contribution in [0.1, 0.15) is 12.8 Å². The second-order valence-corrected chi connectivity index (χ2v) is 7.00. The molecular weight excluding hydrogens is 320 g/mol. The molecular formula is C15H17ClN4OS. The minimum absolute atomic E-state index is 0.369. The molecule has 3 heterocycles. The number of rotatable bonds is 3. The Morgan fingerprint density at radius 3 is 3.14 bits per heavy atom. The fourth-order valence-corrected chi connectivity index (χ4v) is 4.01. The first-order valence-corrected chi connectivity index (χ1v) is 8.82. The van der Waals surface area contributed by atoms with Crippen LogP contribution in [0.25, 0.3) is 11.4 Å². The van der Waals surface area contributed by atoms with Crippen molar-refractivity contribution in [2.75, 3.05) is 19.0 Å². The lowest BCUT2D eigenvalue weighted by Crippen LogP contribution is -2.36. The molecule has 1 unspecified atom stereocenters. The van der Waals surface area contributed by atoms with E-state index in [0.717, 1.165) is 53.7 Å². The summed E-state index contributed by atoms with van der Waals surface area (Å²) in [7, 11) is 0. The average Bonchev–Trinajstić information content (AvgIpc) is 3.16. The molecule has 0 spiro atoms. The van der Waals surface area contributed by atoms with E-state index in [0.29, 0.717) is 6.10 Å². The second kappa shape index (κ2) is 6.20. The van der Waals surface area contributed by atoms with Gasteiger partial charge in [0, 0.05) is 23.7 Å². The van der Waals surface area contributed by atoms with Gasteiger partial charge >= 0.3 is 0 Å². The van der Waals surface area contributed by atoms with Gasteiger partial charge in [0.15, 0.2) is 11.0 Å². The highest BCUT2D eigenvalue weighted by Gasteiger charge is 2.25. The van der Waals surface area contributed by atoms with Gasteiger partial charge in [-0.1, -0.05) is 35.5 Å². The summed E-state index contributed by atoms with van der Waals surface area (Å²) in [5, 5.41) is 10.3. The number of aromatic nitrogens is 3. The van der Waals surface area contributed by atoms with Crippen molar-refractivity contribution in [3.63, 3.8) is 0 Å². The van der Waals surface area contributed by atoms with Gasteiger partial charge in [-0.25, -0.2) is 0 Å². The third kappa shape index (κ3) is 2.88. The zero-order valence-corrected chi connectivity index (χ0v) is 13.7. The van der Waals surface area contributed by atoms with Gasteiger partial charge in [0.1, 0.15) is 0 Å². The summed E-state index contributed by atoms with van der Waals surface area (Å²) in [4.78, 5) is 2.39. The highest BCUT2D eigenvalue weighted by molar-refractivity contribution is 7.99. The smallest absolute Gasteiger partial charge is 0.193 e. The van der Waals surface area contributed by atoms with Crippen LogP contribution in [-0.2, 0) is 11.4 Å². The first kappa shape index (κ1) is 14.5. The van der Waals surface area contributed by atoms with Crippen LogP contribution in [-0.4, -0.2) is 44.8 Å². The largest absolute Gasteiger partial charge is 0.377 e. The van der Waals surface area contributed by atoms with Crippen molar-refractivity contribution < 1.29 is 4.74 Å². The Bertz CT molecular complexity index is 671. The van der Waals surface area contributed by atoms with Crippen molar-refractivity contribution in [2.24, 2.45) is 0 Å². The Balaban J connectivity index is 1.56. The van der Waals surface area contributed by atoms with Gasteiger partial charge in [-0.15, -0.1) is 10.2 Å². The van der Waals surface area contributed by atoms with E-state index in [1.807, 2.05) is 24.3 Å². The van der Waals surface area contributed by atoms with E-state index in [4.69, 9.17) is 16.3 Å². The second-order valence-electron chi connectivity index (χ2n) is 5.65. The molecule has 1 saturated heterocycles. The van der Waals surface area contributed by atoms with E-state index < -0.39 is 0 Å². The van der Waals surface area contributed by atoms with Gasteiger partial charge in [0.25, 0.3) is 0 Å². The number of ether oxygens (including phenoxy) is 1. The number of benzene rings is 1. The summed E-state index contributed by atoms with van der Waals surface area (Å²) in [6, 6.07) is 7.77. The molecule has 5 nitrogen and oxygen atoms in total. The van der Waals surface area contributed by atoms with Crippen LogP contribution in [0.5, 0.6) is 0 Å². The quantitative estimate of drug-likeness (QED) is 0.861. The minimum Gasteiger partial charge on any atom is -0.377 e. The fraction of sp³-hybridized carbons (Fsp3) is 0.467. The highest BCUT2D eigenvalue weighted by Crippen LogP contribution is 2.30. The first-order valence-electron chi connectivity index (χ1n) is 7.45. The summed E-state index contributed by atoms with van der Waals surface area (Å²) in [6.45, 7) is 2.67. The van der Waals surface area contributed by atoms with Gasteiger partial charge < -0.3 is 4.74 Å². The van der Waals surface area contributed by atoms with E-state index in [2.05, 4.69) is 19.7 Å². The van der Waals surface area contributed by atoms with Crippen molar-refractivity contribution in [1.29, 1.82) is 0 Å². The number of hydrogen-bond acceptors (Lipinski definition) is 5. The summed E-state index contributed by atoms with van der Waals surface area (Å²) in [5.41, 5.74) is 1.01. The van der Waals surface area contributed by atoms with E-state index in [9.17, 15) is 0 Å². The monoisotopic (exact) mass is 336 g/mol. The van der Waals surface area contributed by atoms with Gasteiger partial charge in [-0.2, -0.15) is 0 Å². The van der Waals surface area contributed by atoms with Gasteiger partial charge in [0.05, 0.1) is 18.6 Å². The van der Waals surface area contributed by atoms with Crippen LogP contribution < -0.4 is 0 Å². The molecule has 2 aromatic rings. The molecule has 0 amide bonds. The third-order valence-corrected chi connectivity index (χ3v) is 5.29. The van der Waals surface area contributed by atoms with Crippen molar-refractivity contribution in [3.05, 3.63) is 29.3 Å². The lowest BCUT2D eigenvalue weighted by Gasteiger charge is -2.29. The number of hydrogen-bond donors (Lipinski definition) is 0. The maximum absolute atomic E-state index is 6.10. The summed E-state index contributed by atoms with van der Waals surface area (Å²) < 4.78 is 7.91. The zero-order chi connectivity index (χ0) is 14.9. The Morgan fingerprint density at radius 2 is 2.32 bits per heavy atom. The van der Waals surface area contributed by atoms with Crippen molar-refractivity contribution >= 4 is 23.4 Å². The normalized spacial score (nSPS) is 22.0. The van der Waals surface area contributed by atoms with E-state index in [-0.39, 0.29) is 0 Å². The van der Waals surface area contributed by atoms with E-state index >= 15 is 0 Å². The Morgan fingerprint density at radius 1 is 1.36 bits per heavy atom. The fourth-order valence-electron chi connectivity index (χ4n) is 2.94. The molecule has 22 heavy (non-hydrogen) atoms. The summed E-state index contributed by atoms with van der Waals surface area (Å²) in [5.74, 6) is 1.81. The molecule has 4 rings (SSSR count). The molecule has 0 bridgehead atoms. The lowest BCUT2D eigenvalue weighted by atomic mass is 10.2. The minimum atomic E-state index is 0.369. The van der Waals surface area contributed by atoms with Crippen LogP contribution >= 0.6 is 23.4 Å². The molecule has 1 aromatic carbocycles. The Kier molecular flexibility index (Phi) is 4.09. The molecule has 116 valence electrons. The first-order chi connectivity index (χ1) is 10.8. The number of halogens is 1. The number of fused-ring (bicyclic) bond motifs is 1. The highest BCUT2D eigenvalue weighted by atomic mass is 35.5. The van der Waals surface area contributed by atoms with Crippen LogP contribution in [0.3, 0.4) is 0 Å². The number of nitrogens with zero attached hydrogens (tertiary/aromatic N) is 4. The molecule has 2 aliphatic rings. The summed E-state index contributed by atoms with van der Waals surface area (Å²) in [6.07, 6.45) is 2.71. The third-order valence-electron chi connectivity index (χ3n) is 4.00. The van der Waals surface area contributed by atoms with Gasteiger partial charge in [-0.05, 0) is 25.0 Å². The zero-order valence-electron chi connectivity index (χ0n) is 12.1. The van der Waals surface area contributed by atoms with E-state index in [1.54, 1.807) is 11.8 Å². The molecule has 2 aliphatic heterocycles. The van der Waals surface area contributed by atoms with Crippen LogP contribution in [0.15, 0.2) is 29.4 Å². The number of thioether (sulfide) groups is 1. The van der Waals surface area contributed by atoms with Crippen molar-refractivity contribution in [1.82, 2.24) is 19.7 Å². The van der Waals surface area contributed by atoms with Crippen LogP contribution in [0.4, 0.5) is 0 Å². The molecule has 0 N–H and O–H groups in total. The maximum Gasteiger partial charge on any atom is 0.193 e. The van der Waals surface area contributed by atoms with Crippen LogP contribution in [0, 0.1) is 0 Å². The molecule has 0 saturated carbocycles. The molecule has 7 heteroatoms. The molecule has 1 fully saturated rings. The Labute approximate surface area is 138 Å². The van der Waals surface area contributed by atoms with Crippen molar-refractivity contribution in [3.8, 4) is 11.4 Å². The maximum atomic E-state index is 6.10. The topological polar surface area (TPSA) is 43.2 Å².